The van der Waals surface area contributed by atoms with E-state index in [0.29, 0.717) is 25.2 Å². The molecule has 110 valence electrons. The Bertz CT molecular complexity index is 515. The van der Waals surface area contributed by atoms with Crippen LogP contribution in [-0.4, -0.2) is 48.9 Å². The van der Waals surface area contributed by atoms with Crippen molar-refractivity contribution in [2.75, 3.05) is 6.54 Å². The number of amides is 2. The highest BCUT2D eigenvalue weighted by molar-refractivity contribution is 5.86. The highest BCUT2D eigenvalue weighted by Crippen LogP contribution is 2.29. The summed E-state index contributed by atoms with van der Waals surface area (Å²) < 4.78 is 1.82. The van der Waals surface area contributed by atoms with E-state index in [4.69, 9.17) is 0 Å². The number of carbonyl (C=O) groups is 2. The Kier molecular flexibility index (Phi) is 3.91. The number of carbonyl (C=O) groups excluding carboxylic acids is 1. The molecule has 0 bridgehead atoms. The van der Waals surface area contributed by atoms with Crippen LogP contribution in [0.3, 0.4) is 0 Å². The van der Waals surface area contributed by atoms with Crippen molar-refractivity contribution in [2.45, 2.75) is 45.3 Å². The molecule has 20 heavy (non-hydrogen) atoms. The van der Waals surface area contributed by atoms with Crippen molar-refractivity contribution >= 4 is 12.0 Å². The van der Waals surface area contributed by atoms with Crippen molar-refractivity contribution in [2.24, 2.45) is 0 Å². The second-order valence-corrected chi connectivity index (χ2v) is 5.03. The summed E-state index contributed by atoms with van der Waals surface area (Å²) in [6.45, 7) is 4.94. The lowest BCUT2D eigenvalue weighted by Crippen LogP contribution is -2.54. The van der Waals surface area contributed by atoms with E-state index in [1.54, 1.807) is 13.3 Å². The fourth-order valence-corrected chi connectivity index (χ4v) is 2.44. The summed E-state index contributed by atoms with van der Waals surface area (Å²) in [7, 11) is 0. The van der Waals surface area contributed by atoms with Crippen molar-refractivity contribution in [3.8, 4) is 0 Å². The lowest BCUT2D eigenvalue weighted by Gasteiger charge is -2.31. The number of aryl methyl sites for hydroxylation is 1. The molecule has 8 nitrogen and oxygen atoms in total. The predicted octanol–water partition coefficient (Wildman–Crippen LogP) is 0.447. The minimum absolute atomic E-state index is 0.235. The van der Waals surface area contributed by atoms with Gasteiger partial charge in [-0.15, -0.1) is 10.2 Å². The molecule has 1 unspecified atom stereocenters. The van der Waals surface area contributed by atoms with Crippen molar-refractivity contribution in [3.05, 3.63) is 12.2 Å². The summed E-state index contributed by atoms with van der Waals surface area (Å²) in [5.41, 5.74) is -1.12. The summed E-state index contributed by atoms with van der Waals surface area (Å²) in [5, 5.41) is 19.7. The summed E-state index contributed by atoms with van der Waals surface area (Å²) in [6.07, 6.45) is 2.76. The minimum atomic E-state index is -1.12. The lowest BCUT2D eigenvalue weighted by molar-refractivity contribution is -0.147. The highest BCUT2D eigenvalue weighted by Gasteiger charge is 2.45. The number of urea groups is 1. The molecule has 2 amide bonds. The average molecular weight is 281 g/mol. The topological polar surface area (TPSA) is 100 Å². The number of nitrogens with one attached hydrogen (secondary N) is 1. The van der Waals surface area contributed by atoms with Gasteiger partial charge >= 0.3 is 12.0 Å². The molecule has 0 radical (unpaired) electrons. The number of aromatic nitrogens is 3. The molecule has 1 aromatic rings. The number of aliphatic carboxylic acids is 1. The van der Waals surface area contributed by atoms with Gasteiger partial charge in [-0.05, 0) is 26.7 Å². The quantitative estimate of drug-likeness (QED) is 0.834. The van der Waals surface area contributed by atoms with Gasteiger partial charge in [-0.3, -0.25) is 0 Å². The molecule has 1 aliphatic heterocycles. The molecule has 0 aliphatic carbocycles. The van der Waals surface area contributed by atoms with Gasteiger partial charge in [0, 0.05) is 13.1 Å². The number of likely N-dealkylation sites (tertiary alicyclic amines) is 1. The molecule has 0 saturated carbocycles. The Labute approximate surface area is 116 Å². The van der Waals surface area contributed by atoms with Gasteiger partial charge in [0.2, 0.25) is 0 Å². The van der Waals surface area contributed by atoms with Crippen LogP contribution in [0.15, 0.2) is 6.33 Å². The summed E-state index contributed by atoms with van der Waals surface area (Å²) in [6, 6.07) is -0.377. The van der Waals surface area contributed by atoms with Crippen LogP contribution in [0.2, 0.25) is 0 Å². The van der Waals surface area contributed by atoms with Gasteiger partial charge in [-0.2, -0.15) is 0 Å². The number of nitrogens with zero attached hydrogens (tertiary/aromatic N) is 4. The number of hydrogen-bond acceptors (Lipinski definition) is 4. The van der Waals surface area contributed by atoms with Crippen LogP contribution in [-0.2, 0) is 17.9 Å². The predicted molar refractivity (Wildman–Crippen MR) is 69.9 cm³/mol. The third-order valence-electron chi connectivity index (χ3n) is 3.78. The molecule has 2 rings (SSSR count). The molecular formula is C12H19N5O3. The first-order valence-corrected chi connectivity index (χ1v) is 6.64. The SMILES string of the molecule is CCn1cnnc1CNC(=O)N1CCCC1(C)C(=O)O. The minimum Gasteiger partial charge on any atom is -0.480 e. The van der Waals surface area contributed by atoms with Crippen molar-refractivity contribution in [1.29, 1.82) is 0 Å². The third kappa shape index (κ3) is 2.45. The van der Waals surface area contributed by atoms with E-state index >= 15 is 0 Å². The van der Waals surface area contributed by atoms with Gasteiger partial charge in [0.15, 0.2) is 5.82 Å². The largest absolute Gasteiger partial charge is 0.480 e. The zero-order chi connectivity index (χ0) is 14.8. The van der Waals surface area contributed by atoms with E-state index < -0.39 is 11.5 Å². The van der Waals surface area contributed by atoms with Gasteiger partial charge in [-0.1, -0.05) is 0 Å². The number of rotatable bonds is 4. The maximum Gasteiger partial charge on any atom is 0.329 e. The smallest absolute Gasteiger partial charge is 0.329 e. The highest BCUT2D eigenvalue weighted by atomic mass is 16.4. The van der Waals surface area contributed by atoms with E-state index in [-0.39, 0.29) is 12.6 Å². The first kappa shape index (κ1) is 14.3. The Morgan fingerprint density at radius 1 is 1.55 bits per heavy atom. The van der Waals surface area contributed by atoms with Crippen LogP contribution in [0.4, 0.5) is 4.79 Å². The second kappa shape index (κ2) is 5.48. The molecule has 0 spiro atoms. The van der Waals surface area contributed by atoms with Crippen LogP contribution in [0, 0.1) is 0 Å². The molecule has 1 aliphatic rings. The maximum absolute atomic E-state index is 12.2. The molecule has 2 N–H and O–H groups in total. The van der Waals surface area contributed by atoms with Gasteiger partial charge in [0.25, 0.3) is 0 Å². The lowest BCUT2D eigenvalue weighted by atomic mass is 10.00. The van der Waals surface area contributed by atoms with Crippen LogP contribution >= 0.6 is 0 Å². The summed E-state index contributed by atoms with van der Waals surface area (Å²) >= 11 is 0. The standard InChI is InChI=1S/C12H19N5O3/c1-3-16-8-14-15-9(16)7-13-11(20)17-6-4-5-12(17,2)10(18)19/h8H,3-7H2,1-2H3,(H,13,20)(H,18,19). The second-order valence-electron chi connectivity index (χ2n) is 5.03. The Morgan fingerprint density at radius 2 is 2.30 bits per heavy atom. The summed E-state index contributed by atoms with van der Waals surface area (Å²) in [5.74, 6) is -0.320. The Morgan fingerprint density at radius 3 is 2.95 bits per heavy atom. The van der Waals surface area contributed by atoms with Crippen LogP contribution in [0.1, 0.15) is 32.5 Å². The Balaban J connectivity index is 2.00. The first-order valence-electron chi connectivity index (χ1n) is 6.64. The van der Waals surface area contributed by atoms with Crippen LogP contribution in [0.5, 0.6) is 0 Å². The normalized spacial score (nSPS) is 22.0. The van der Waals surface area contributed by atoms with Crippen molar-refractivity contribution in [3.63, 3.8) is 0 Å². The van der Waals surface area contributed by atoms with E-state index in [1.807, 2.05) is 11.5 Å². The van der Waals surface area contributed by atoms with Crippen molar-refractivity contribution < 1.29 is 14.7 Å². The first-order chi connectivity index (χ1) is 9.49. The van der Waals surface area contributed by atoms with E-state index in [2.05, 4.69) is 15.5 Å². The number of carboxylic acid groups (broad SMARTS) is 1. The van der Waals surface area contributed by atoms with Gasteiger partial charge in [0.05, 0.1) is 6.54 Å². The summed E-state index contributed by atoms with van der Waals surface area (Å²) in [4.78, 5) is 24.9. The average Bonchev–Trinajstić information content (AvgIpc) is 3.02. The molecule has 1 atom stereocenters. The fourth-order valence-electron chi connectivity index (χ4n) is 2.44. The van der Waals surface area contributed by atoms with E-state index in [1.165, 1.54) is 4.90 Å². The van der Waals surface area contributed by atoms with Gasteiger partial charge in [0.1, 0.15) is 11.9 Å². The zero-order valence-electron chi connectivity index (χ0n) is 11.7. The van der Waals surface area contributed by atoms with Gasteiger partial charge in [-0.25, -0.2) is 9.59 Å². The van der Waals surface area contributed by atoms with Crippen LogP contribution < -0.4 is 5.32 Å². The maximum atomic E-state index is 12.2. The third-order valence-corrected chi connectivity index (χ3v) is 3.78. The Hall–Kier alpha value is -2.12. The molecule has 0 aromatic carbocycles. The van der Waals surface area contributed by atoms with E-state index in [0.717, 1.165) is 6.54 Å². The van der Waals surface area contributed by atoms with Crippen molar-refractivity contribution in [1.82, 2.24) is 25.0 Å². The monoisotopic (exact) mass is 281 g/mol. The molecule has 8 heteroatoms. The zero-order valence-corrected chi connectivity index (χ0v) is 11.7. The molecular weight excluding hydrogens is 262 g/mol. The van der Waals surface area contributed by atoms with E-state index in [9.17, 15) is 14.7 Å². The van der Waals surface area contributed by atoms with Crippen LogP contribution in [0.25, 0.3) is 0 Å². The molecule has 1 fully saturated rings. The molecule has 2 heterocycles. The number of carboxylic acids is 1. The van der Waals surface area contributed by atoms with Gasteiger partial charge < -0.3 is 19.9 Å². The molecule has 1 saturated heterocycles. The number of hydrogen-bond donors (Lipinski definition) is 2. The fraction of sp³-hybridized carbons (Fsp3) is 0.667. The molecule has 1 aromatic heterocycles.